The third kappa shape index (κ3) is 3.55. The average Bonchev–Trinajstić information content (AvgIpc) is 2.67. The molecule has 7 heteroatoms. The molecule has 0 radical (unpaired) electrons. The summed E-state index contributed by atoms with van der Waals surface area (Å²) in [6, 6.07) is 5.74. The Morgan fingerprint density at radius 3 is 2.77 bits per heavy atom. The second-order valence-corrected chi connectivity index (χ2v) is 7.96. The Bertz CT molecular complexity index is 661. The zero-order chi connectivity index (χ0) is 14.9. The maximum Gasteiger partial charge on any atom is 0.254 e. The summed E-state index contributed by atoms with van der Waals surface area (Å²) in [6.45, 7) is 1.76. The minimum absolute atomic E-state index is 0. The van der Waals surface area contributed by atoms with Gasteiger partial charge in [-0.15, -0.1) is 12.4 Å². The summed E-state index contributed by atoms with van der Waals surface area (Å²) < 4.78 is 23.3. The van der Waals surface area contributed by atoms with Crippen molar-refractivity contribution in [2.24, 2.45) is 0 Å². The van der Waals surface area contributed by atoms with Gasteiger partial charge in [-0.1, -0.05) is 6.07 Å². The molecule has 1 saturated heterocycles. The molecule has 2 heterocycles. The largest absolute Gasteiger partial charge is 0.385 e. The number of halogens is 1. The lowest BCUT2D eigenvalue weighted by Gasteiger charge is -2.25. The number of carbonyl (C=O) groups excluding carboxylic acids is 1. The topological polar surface area (TPSA) is 66.5 Å². The predicted octanol–water partition coefficient (Wildman–Crippen LogP) is 1.73. The summed E-state index contributed by atoms with van der Waals surface area (Å²) in [4.78, 5) is 14.4. The van der Waals surface area contributed by atoms with E-state index in [1.54, 1.807) is 4.90 Å². The van der Waals surface area contributed by atoms with E-state index >= 15 is 0 Å². The maximum atomic E-state index is 12.7. The van der Waals surface area contributed by atoms with Crippen LogP contribution in [0, 0.1) is 0 Å². The normalized spacial score (nSPS) is 20.1. The molecule has 3 rings (SSSR count). The van der Waals surface area contributed by atoms with E-state index in [0.29, 0.717) is 19.5 Å². The van der Waals surface area contributed by atoms with Crippen LogP contribution in [0.5, 0.6) is 0 Å². The Kier molecular flexibility index (Phi) is 5.34. The van der Waals surface area contributed by atoms with Gasteiger partial charge < -0.3 is 10.2 Å². The molecule has 1 fully saturated rings. The number of benzene rings is 1. The number of hydrogen-bond donors (Lipinski definition) is 1. The van der Waals surface area contributed by atoms with Crippen LogP contribution < -0.4 is 5.32 Å². The molecule has 22 heavy (non-hydrogen) atoms. The molecule has 0 saturated carbocycles. The number of nitrogens with zero attached hydrogens (tertiary/aromatic N) is 1. The molecule has 122 valence electrons. The number of sulfone groups is 1. The second kappa shape index (κ2) is 6.87. The fourth-order valence-corrected chi connectivity index (χ4v) is 4.29. The molecular formula is C15H21ClN2O3S. The number of carbonyl (C=O) groups is 1. The van der Waals surface area contributed by atoms with Gasteiger partial charge in [-0.25, -0.2) is 8.42 Å². The van der Waals surface area contributed by atoms with Crippen molar-refractivity contribution in [1.82, 2.24) is 4.90 Å². The van der Waals surface area contributed by atoms with Gasteiger partial charge in [0.05, 0.1) is 11.5 Å². The molecule has 1 aromatic rings. The van der Waals surface area contributed by atoms with Gasteiger partial charge in [0.2, 0.25) is 0 Å². The van der Waals surface area contributed by atoms with Gasteiger partial charge in [0.25, 0.3) is 5.91 Å². The number of rotatable bonds is 1. The van der Waals surface area contributed by atoms with Gasteiger partial charge in [-0.2, -0.15) is 0 Å². The molecule has 2 aliphatic heterocycles. The van der Waals surface area contributed by atoms with Crippen molar-refractivity contribution in [3.63, 3.8) is 0 Å². The van der Waals surface area contributed by atoms with Gasteiger partial charge in [0, 0.05) is 30.9 Å². The molecule has 2 aliphatic rings. The summed E-state index contributed by atoms with van der Waals surface area (Å²) in [6.07, 6.45) is 2.45. The van der Waals surface area contributed by atoms with Crippen molar-refractivity contribution in [3.05, 3.63) is 29.3 Å². The van der Waals surface area contributed by atoms with Crippen molar-refractivity contribution in [1.29, 1.82) is 0 Å². The number of hydrogen-bond acceptors (Lipinski definition) is 4. The van der Waals surface area contributed by atoms with E-state index in [9.17, 15) is 13.2 Å². The molecular weight excluding hydrogens is 324 g/mol. The van der Waals surface area contributed by atoms with E-state index in [1.807, 2.05) is 18.2 Å². The zero-order valence-corrected chi connectivity index (χ0v) is 14.0. The summed E-state index contributed by atoms with van der Waals surface area (Å²) in [5.41, 5.74) is 2.83. The van der Waals surface area contributed by atoms with E-state index in [2.05, 4.69) is 5.32 Å². The van der Waals surface area contributed by atoms with Crippen molar-refractivity contribution in [3.8, 4) is 0 Å². The highest BCUT2D eigenvalue weighted by atomic mass is 35.5. The van der Waals surface area contributed by atoms with Crippen molar-refractivity contribution in [2.45, 2.75) is 19.3 Å². The molecule has 0 spiro atoms. The molecule has 0 atom stereocenters. The zero-order valence-electron chi connectivity index (χ0n) is 12.4. The quantitative estimate of drug-likeness (QED) is 0.842. The highest BCUT2D eigenvalue weighted by Gasteiger charge is 2.25. The van der Waals surface area contributed by atoms with Crippen LogP contribution in [-0.4, -0.2) is 50.4 Å². The molecule has 1 aromatic carbocycles. The molecule has 0 unspecified atom stereocenters. The van der Waals surface area contributed by atoms with Crippen molar-refractivity contribution < 1.29 is 13.2 Å². The van der Waals surface area contributed by atoms with Gasteiger partial charge in [-0.05, 0) is 37.0 Å². The van der Waals surface area contributed by atoms with E-state index in [1.165, 1.54) is 0 Å². The number of fused-ring (bicyclic) bond motifs is 1. The minimum atomic E-state index is -2.99. The Labute approximate surface area is 137 Å². The minimum Gasteiger partial charge on any atom is -0.385 e. The number of amides is 1. The highest BCUT2D eigenvalue weighted by Crippen LogP contribution is 2.26. The third-order valence-electron chi connectivity index (χ3n) is 4.17. The van der Waals surface area contributed by atoms with Crippen LogP contribution in [0.3, 0.4) is 0 Å². The molecule has 1 N–H and O–H groups in total. The number of anilines is 1. The first-order chi connectivity index (χ1) is 10.1. The molecule has 1 amide bonds. The summed E-state index contributed by atoms with van der Waals surface area (Å²) in [5, 5.41) is 3.32. The molecule has 0 bridgehead atoms. The van der Waals surface area contributed by atoms with E-state index in [4.69, 9.17) is 0 Å². The standard InChI is InChI=1S/C15H20N2O3S.ClH/c18-15(17-8-3-10-21(19,20)11-9-17)13-4-1-6-14-12(13)5-2-7-16-14;/h1,4,6,16H,2-3,5,7-11H2;1H. The van der Waals surface area contributed by atoms with Crippen LogP contribution in [0.25, 0.3) is 0 Å². The van der Waals surface area contributed by atoms with Gasteiger partial charge in [0.1, 0.15) is 0 Å². The van der Waals surface area contributed by atoms with E-state index in [-0.39, 0.29) is 29.8 Å². The van der Waals surface area contributed by atoms with Crippen LogP contribution in [0.2, 0.25) is 0 Å². The fourth-order valence-electron chi connectivity index (χ4n) is 3.02. The second-order valence-electron chi connectivity index (χ2n) is 5.66. The summed E-state index contributed by atoms with van der Waals surface area (Å²) in [7, 11) is -2.99. The smallest absolute Gasteiger partial charge is 0.254 e. The first-order valence-corrected chi connectivity index (χ1v) is 9.24. The van der Waals surface area contributed by atoms with E-state index < -0.39 is 9.84 Å². The third-order valence-corrected chi connectivity index (χ3v) is 5.88. The fraction of sp³-hybridized carbons (Fsp3) is 0.533. The summed E-state index contributed by atoms with van der Waals surface area (Å²) in [5.74, 6) is 0.227. The summed E-state index contributed by atoms with van der Waals surface area (Å²) >= 11 is 0. The molecule has 0 aromatic heterocycles. The van der Waals surface area contributed by atoms with Crippen molar-refractivity contribution >= 4 is 33.8 Å². The highest BCUT2D eigenvalue weighted by molar-refractivity contribution is 7.91. The Hall–Kier alpha value is -1.27. The van der Waals surface area contributed by atoms with Crippen LogP contribution in [0.1, 0.15) is 28.8 Å². The lowest BCUT2D eigenvalue weighted by molar-refractivity contribution is 0.0767. The van der Waals surface area contributed by atoms with Gasteiger partial charge in [-0.3, -0.25) is 4.79 Å². The van der Waals surface area contributed by atoms with Crippen LogP contribution in [0.4, 0.5) is 5.69 Å². The van der Waals surface area contributed by atoms with Crippen LogP contribution in [0.15, 0.2) is 18.2 Å². The lowest BCUT2D eigenvalue weighted by Crippen LogP contribution is -2.34. The van der Waals surface area contributed by atoms with Crippen LogP contribution in [-0.2, 0) is 16.3 Å². The molecule has 5 nitrogen and oxygen atoms in total. The van der Waals surface area contributed by atoms with Gasteiger partial charge in [0.15, 0.2) is 9.84 Å². The van der Waals surface area contributed by atoms with Crippen LogP contribution >= 0.6 is 12.4 Å². The molecule has 0 aliphatic carbocycles. The first-order valence-electron chi connectivity index (χ1n) is 7.42. The lowest BCUT2D eigenvalue weighted by atomic mass is 9.97. The SMILES string of the molecule is Cl.O=C(c1cccc2c1CCCN2)N1CCCS(=O)(=O)CC1. The Morgan fingerprint density at radius 1 is 1.14 bits per heavy atom. The maximum absolute atomic E-state index is 12.7. The Balaban J connectivity index is 0.00000176. The monoisotopic (exact) mass is 344 g/mol. The Morgan fingerprint density at radius 2 is 1.95 bits per heavy atom. The van der Waals surface area contributed by atoms with Crippen molar-refractivity contribution in [2.75, 3.05) is 36.5 Å². The predicted molar refractivity (Wildman–Crippen MR) is 89.7 cm³/mol. The first kappa shape index (κ1) is 17.1. The van der Waals surface area contributed by atoms with E-state index in [0.717, 1.165) is 36.2 Å². The number of nitrogens with one attached hydrogen (secondary N) is 1. The average molecular weight is 345 g/mol. The van der Waals surface area contributed by atoms with Gasteiger partial charge >= 0.3 is 0 Å².